The van der Waals surface area contributed by atoms with Crippen molar-refractivity contribution in [3.8, 4) is 11.5 Å². The first-order valence-corrected chi connectivity index (χ1v) is 6.72. The van der Waals surface area contributed by atoms with E-state index in [2.05, 4.69) is 26.1 Å². The quantitative estimate of drug-likeness (QED) is 0.720. The molecule has 102 valence electrons. The Hall–Kier alpha value is -1.22. The summed E-state index contributed by atoms with van der Waals surface area (Å²) in [5.41, 5.74) is 0. The van der Waals surface area contributed by atoms with Crippen LogP contribution in [-0.2, 0) is 0 Å². The lowest BCUT2D eigenvalue weighted by molar-refractivity contribution is 0.292. The van der Waals surface area contributed by atoms with Gasteiger partial charge in [-0.3, -0.25) is 0 Å². The van der Waals surface area contributed by atoms with Gasteiger partial charge in [0.1, 0.15) is 18.1 Å². The Morgan fingerprint density at radius 2 is 1.78 bits per heavy atom. The number of hydrogen-bond donors (Lipinski definition) is 1. The Kier molecular flexibility index (Phi) is 6.58. The average Bonchev–Trinajstić information content (AvgIpc) is 2.35. The number of nitrogens with one attached hydrogen (secondary N) is 1. The lowest BCUT2D eigenvalue weighted by Crippen LogP contribution is -2.33. The smallest absolute Gasteiger partial charge is 0.123 e. The highest BCUT2D eigenvalue weighted by Gasteiger charge is 2.05. The molecule has 1 atom stereocenters. The first-order valence-electron chi connectivity index (χ1n) is 6.72. The van der Waals surface area contributed by atoms with E-state index < -0.39 is 0 Å². The number of benzene rings is 1. The fourth-order valence-corrected chi connectivity index (χ4v) is 1.51. The fourth-order valence-electron chi connectivity index (χ4n) is 1.51. The number of hydrogen-bond acceptors (Lipinski definition) is 3. The molecule has 1 rings (SSSR count). The molecule has 0 amide bonds. The first kappa shape index (κ1) is 14.8. The second-order valence-electron chi connectivity index (χ2n) is 4.74. The molecule has 0 saturated heterocycles. The van der Waals surface area contributed by atoms with E-state index in [4.69, 9.17) is 9.47 Å². The maximum absolute atomic E-state index is 5.68. The lowest BCUT2D eigenvalue weighted by atomic mass is 10.1. The van der Waals surface area contributed by atoms with Gasteiger partial charge in [0.15, 0.2) is 0 Å². The minimum atomic E-state index is 0.517. The van der Waals surface area contributed by atoms with Crippen molar-refractivity contribution in [1.29, 1.82) is 0 Å². The molecule has 1 aromatic rings. The third kappa shape index (κ3) is 5.41. The van der Waals surface area contributed by atoms with Gasteiger partial charge in [-0.1, -0.05) is 19.9 Å². The van der Waals surface area contributed by atoms with Crippen molar-refractivity contribution >= 4 is 0 Å². The number of rotatable bonds is 8. The zero-order valence-electron chi connectivity index (χ0n) is 11.9. The standard InChI is InChI=1S/C15H25NO2/c1-5-17-14-7-6-8-15(11-14)18-10-9-16-13(4)12(2)3/h6-8,11-13,16H,5,9-10H2,1-4H3. The molecule has 0 heterocycles. The van der Waals surface area contributed by atoms with Gasteiger partial charge in [0.25, 0.3) is 0 Å². The van der Waals surface area contributed by atoms with Crippen molar-refractivity contribution in [3.63, 3.8) is 0 Å². The van der Waals surface area contributed by atoms with Crippen molar-refractivity contribution in [2.24, 2.45) is 5.92 Å². The van der Waals surface area contributed by atoms with Crippen molar-refractivity contribution in [2.45, 2.75) is 33.7 Å². The summed E-state index contributed by atoms with van der Waals surface area (Å²) in [4.78, 5) is 0. The fraction of sp³-hybridized carbons (Fsp3) is 0.600. The molecule has 0 aliphatic heterocycles. The largest absolute Gasteiger partial charge is 0.494 e. The Labute approximate surface area is 110 Å². The summed E-state index contributed by atoms with van der Waals surface area (Å²) in [5, 5.41) is 3.44. The Morgan fingerprint density at radius 1 is 1.11 bits per heavy atom. The highest BCUT2D eigenvalue weighted by atomic mass is 16.5. The van der Waals surface area contributed by atoms with Crippen LogP contribution in [0.2, 0.25) is 0 Å². The summed E-state index contributed by atoms with van der Waals surface area (Å²) in [5.74, 6) is 2.37. The summed E-state index contributed by atoms with van der Waals surface area (Å²) in [6.45, 7) is 10.8. The van der Waals surface area contributed by atoms with E-state index in [1.54, 1.807) is 0 Å². The SMILES string of the molecule is CCOc1cccc(OCCNC(C)C(C)C)c1. The molecule has 0 radical (unpaired) electrons. The number of ether oxygens (including phenoxy) is 2. The second-order valence-corrected chi connectivity index (χ2v) is 4.74. The van der Waals surface area contributed by atoms with Gasteiger partial charge >= 0.3 is 0 Å². The summed E-state index contributed by atoms with van der Waals surface area (Å²) >= 11 is 0. The van der Waals surface area contributed by atoms with Crippen LogP contribution in [0.1, 0.15) is 27.7 Å². The molecule has 1 aromatic carbocycles. The molecule has 1 unspecified atom stereocenters. The Balaban J connectivity index is 2.28. The summed E-state index contributed by atoms with van der Waals surface area (Å²) in [7, 11) is 0. The van der Waals surface area contributed by atoms with Gasteiger partial charge in [-0.05, 0) is 31.9 Å². The average molecular weight is 251 g/mol. The molecular weight excluding hydrogens is 226 g/mol. The molecular formula is C15H25NO2. The van der Waals surface area contributed by atoms with E-state index >= 15 is 0 Å². The maximum atomic E-state index is 5.68. The molecule has 0 spiro atoms. The van der Waals surface area contributed by atoms with E-state index in [-0.39, 0.29) is 0 Å². The van der Waals surface area contributed by atoms with Crippen LogP contribution in [0, 0.1) is 5.92 Å². The van der Waals surface area contributed by atoms with Gasteiger partial charge in [-0.25, -0.2) is 0 Å². The summed E-state index contributed by atoms with van der Waals surface area (Å²) in [6, 6.07) is 8.28. The molecule has 1 N–H and O–H groups in total. The Morgan fingerprint density at radius 3 is 2.39 bits per heavy atom. The highest BCUT2D eigenvalue weighted by Crippen LogP contribution is 2.19. The maximum Gasteiger partial charge on any atom is 0.123 e. The molecule has 3 nitrogen and oxygen atoms in total. The van der Waals surface area contributed by atoms with Gasteiger partial charge in [-0.15, -0.1) is 0 Å². The van der Waals surface area contributed by atoms with Crippen LogP contribution in [0.3, 0.4) is 0 Å². The molecule has 18 heavy (non-hydrogen) atoms. The minimum absolute atomic E-state index is 0.517. The van der Waals surface area contributed by atoms with Gasteiger partial charge in [-0.2, -0.15) is 0 Å². The third-order valence-electron chi connectivity index (χ3n) is 2.95. The Bertz CT molecular complexity index is 339. The van der Waals surface area contributed by atoms with Crippen LogP contribution >= 0.6 is 0 Å². The van der Waals surface area contributed by atoms with E-state index in [0.717, 1.165) is 18.0 Å². The topological polar surface area (TPSA) is 30.5 Å². The van der Waals surface area contributed by atoms with E-state index in [0.29, 0.717) is 25.2 Å². The monoisotopic (exact) mass is 251 g/mol. The van der Waals surface area contributed by atoms with Gasteiger partial charge in [0.2, 0.25) is 0 Å². The van der Waals surface area contributed by atoms with Crippen LogP contribution < -0.4 is 14.8 Å². The van der Waals surface area contributed by atoms with Crippen molar-refractivity contribution in [2.75, 3.05) is 19.8 Å². The molecule has 0 aliphatic rings. The normalized spacial score (nSPS) is 12.5. The van der Waals surface area contributed by atoms with Crippen LogP contribution in [-0.4, -0.2) is 25.8 Å². The van der Waals surface area contributed by atoms with Crippen LogP contribution in [0.5, 0.6) is 11.5 Å². The molecule has 0 aromatic heterocycles. The first-order chi connectivity index (χ1) is 8.63. The molecule has 0 saturated carbocycles. The third-order valence-corrected chi connectivity index (χ3v) is 2.95. The predicted molar refractivity (Wildman–Crippen MR) is 75.4 cm³/mol. The van der Waals surface area contributed by atoms with Crippen LogP contribution in [0.4, 0.5) is 0 Å². The van der Waals surface area contributed by atoms with Crippen LogP contribution in [0.25, 0.3) is 0 Å². The second kappa shape index (κ2) is 7.98. The zero-order chi connectivity index (χ0) is 13.4. The summed E-state index contributed by atoms with van der Waals surface area (Å²) in [6.07, 6.45) is 0. The van der Waals surface area contributed by atoms with Gasteiger partial charge in [0, 0.05) is 18.7 Å². The highest BCUT2D eigenvalue weighted by molar-refractivity contribution is 5.32. The molecule has 3 heteroatoms. The van der Waals surface area contributed by atoms with Crippen molar-refractivity contribution in [3.05, 3.63) is 24.3 Å². The van der Waals surface area contributed by atoms with Gasteiger partial charge in [0.05, 0.1) is 6.61 Å². The van der Waals surface area contributed by atoms with E-state index in [9.17, 15) is 0 Å². The molecule has 0 fully saturated rings. The van der Waals surface area contributed by atoms with Crippen molar-refractivity contribution in [1.82, 2.24) is 5.32 Å². The van der Waals surface area contributed by atoms with E-state index in [1.165, 1.54) is 0 Å². The van der Waals surface area contributed by atoms with Gasteiger partial charge < -0.3 is 14.8 Å². The van der Waals surface area contributed by atoms with E-state index in [1.807, 2.05) is 31.2 Å². The predicted octanol–water partition coefficient (Wildman–Crippen LogP) is 3.10. The molecule has 0 bridgehead atoms. The van der Waals surface area contributed by atoms with Crippen LogP contribution in [0.15, 0.2) is 24.3 Å². The van der Waals surface area contributed by atoms with Crippen molar-refractivity contribution < 1.29 is 9.47 Å². The molecule has 0 aliphatic carbocycles. The zero-order valence-corrected chi connectivity index (χ0v) is 11.9. The minimum Gasteiger partial charge on any atom is -0.494 e. The lowest BCUT2D eigenvalue weighted by Gasteiger charge is -2.17. The summed E-state index contributed by atoms with van der Waals surface area (Å²) < 4.78 is 11.1.